The van der Waals surface area contributed by atoms with Crippen LogP contribution >= 0.6 is 22.9 Å². The van der Waals surface area contributed by atoms with Crippen LogP contribution < -0.4 is 4.74 Å². The molecule has 1 aromatic heterocycles. The Hall–Kier alpha value is -3.54. The highest BCUT2D eigenvalue weighted by atomic mass is 35.5. The highest BCUT2D eigenvalue weighted by Gasteiger charge is 2.18. The van der Waals surface area contributed by atoms with Crippen molar-refractivity contribution in [3.05, 3.63) is 73.6 Å². The zero-order valence-electron chi connectivity index (χ0n) is 15.0. The molecule has 0 atom stereocenters. The molecule has 0 aliphatic rings. The normalized spacial score (nSPS) is 11.0. The van der Waals surface area contributed by atoms with Crippen LogP contribution in [0.3, 0.4) is 0 Å². The molecule has 3 aromatic rings. The van der Waals surface area contributed by atoms with E-state index in [4.69, 9.17) is 16.3 Å². The molecule has 0 amide bonds. The van der Waals surface area contributed by atoms with Gasteiger partial charge >= 0.3 is 11.7 Å². The number of hydrogen-bond donors (Lipinski definition) is 0. The second kappa shape index (κ2) is 8.65. The smallest absolute Gasteiger partial charge is 0.312 e. The number of carbonyl (C=O) groups is 1. The zero-order chi connectivity index (χ0) is 21.0. The number of halogens is 1. The second-order valence-corrected chi connectivity index (χ2v) is 7.09. The van der Waals surface area contributed by atoms with Crippen LogP contribution in [-0.4, -0.2) is 15.9 Å². The van der Waals surface area contributed by atoms with Crippen molar-refractivity contribution in [2.75, 3.05) is 0 Å². The monoisotopic (exact) mass is 425 g/mol. The van der Waals surface area contributed by atoms with Gasteiger partial charge < -0.3 is 4.74 Å². The van der Waals surface area contributed by atoms with E-state index in [1.165, 1.54) is 35.6 Å². The van der Waals surface area contributed by atoms with Gasteiger partial charge in [0, 0.05) is 29.0 Å². The molecule has 0 aliphatic heterocycles. The summed E-state index contributed by atoms with van der Waals surface area (Å²) in [5.74, 6) is -0.816. The molecule has 144 valence electrons. The number of thiazole rings is 1. The lowest BCUT2D eigenvalue weighted by Gasteiger charge is -2.03. The van der Waals surface area contributed by atoms with Crippen molar-refractivity contribution in [1.82, 2.24) is 4.98 Å². The van der Waals surface area contributed by atoms with Crippen LogP contribution in [0.25, 0.3) is 22.9 Å². The van der Waals surface area contributed by atoms with Crippen LogP contribution in [0.15, 0.2) is 47.8 Å². The maximum atomic E-state index is 11.3. The Kier molecular flexibility index (Phi) is 6.02. The van der Waals surface area contributed by atoms with E-state index in [1.54, 1.807) is 12.1 Å². The fourth-order valence-corrected chi connectivity index (χ4v) is 3.39. The second-order valence-electron chi connectivity index (χ2n) is 5.79. The van der Waals surface area contributed by atoms with Gasteiger partial charge in [0.05, 0.1) is 16.2 Å². The first-order valence-corrected chi connectivity index (χ1v) is 9.43. The van der Waals surface area contributed by atoms with Crippen molar-refractivity contribution in [1.29, 1.82) is 5.26 Å². The van der Waals surface area contributed by atoms with E-state index in [1.807, 2.05) is 17.5 Å². The maximum Gasteiger partial charge on any atom is 0.312 e. The molecule has 3 rings (SSSR count). The van der Waals surface area contributed by atoms with Gasteiger partial charge in [0.15, 0.2) is 0 Å². The van der Waals surface area contributed by atoms with Crippen LogP contribution in [0.2, 0.25) is 5.02 Å². The Morgan fingerprint density at radius 1 is 1.31 bits per heavy atom. The van der Waals surface area contributed by atoms with E-state index in [-0.39, 0.29) is 17.0 Å². The lowest BCUT2D eigenvalue weighted by molar-refractivity contribution is -0.385. The van der Waals surface area contributed by atoms with Crippen LogP contribution in [0.5, 0.6) is 5.75 Å². The summed E-state index contributed by atoms with van der Waals surface area (Å²) >= 11 is 7.18. The lowest BCUT2D eigenvalue weighted by Crippen LogP contribution is -2.04. The molecule has 0 saturated heterocycles. The number of rotatable bonds is 5. The van der Waals surface area contributed by atoms with E-state index < -0.39 is 10.9 Å². The van der Waals surface area contributed by atoms with Crippen LogP contribution in [0.1, 0.15) is 17.5 Å². The third-order valence-corrected chi connectivity index (χ3v) is 4.87. The number of carbonyl (C=O) groups excluding carboxylic acids is 1. The van der Waals surface area contributed by atoms with Gasteiger partial charge in [-0.25, -0.2) is 4.98 Å². The average Bonchev–Trinajstić information content (AvgIpc) is 3.17. The molecule has 7 nitrogen and oxygen atoms in total. The third-order valence-electron chi connectivity index (χ3n) is 3.74. The van der Waals surface area contributed by atoms with Gasteiger partial charge in [-0.1, -0.05) is 29.8 Å². The molecular weight excluding hydrogens is 414 g/mol. The van der Waals surface area contributed by atoms with Crippen molar-refractivity contribution in [2.24, 2.45) is 0 Å². The van der Waals surface area contributed by atoms with Crippen molar-refractivity contribution < 1.29 is 14.5 Å². The van der Waals surface area contributed by atoms with Crippen molar-refractivity contribution in [3.8, 4) is 23.1 Å². The Balaban J connectivity index is 1.95. The molecule has 0 fully saturated rings. The van der Waals surface area contributed by atoms with Crippen molar-refractivity contribution in [2.45, 2.75) is 6.92 Å². The zero-order valence-corrected chi connectivity index (χ0v) is 16.5. The van der Waals surface area contributed by atoms with Gasteiger partial charge in [0.2, 0.25) is 5.75 Å². The van der Waals surface area contributed by atoms with E-state index in [0.29, 0.717) is 21.3 Å². The number of allylic oxidation sites excluding steroid dienone is 1. The van der Waals surface area contributed by atoms with E-state index in [9.17, 15) is 20.2 Å². The highest BCUT2D eigenvalue weighted by Crippen LogP contribution is 2.31. The van der Waals surface area contributed by atoms with E-state index in [2.05, 4.69) is 11.1 Å². The summed E-state index contributed by atoms with van der Waals surface area (Å²) in [6, 6.07) is 13.3. The predicted molar refractivity (Wildman–Crippen MR) is 110 cm³/mol. The molecule has 0 radical (unpaired) electrons. The molecular formula is C20H12ClN3O4S. The first-order chi connectivity index (χ1) is 13.9. The topological polar surface area (TPSA) is 106 Å². The first kappa shape index (κ1) is 20.2. The van der Waals surface area contributed by atoms with Crippen LogP contribution in [0, 0.1) is 21.4 Å². The fraction of sp³-hybridized carbons (Fsp3) is 0.0500. The number of benzene rings is 2. The maximum absolute atomic E-state index is 11.3. The number of aromatic nitrogens is 1. The highest BCUT2D eigenvalue weighted by molar-refractivity contribution is 7.11. The molecule has 2 aromatic carbocycles. The van der Waals surface area contributed by atoms with E-state index >= 15 is 0 Å². The quantitative estimate of drug-likeness (QED) is 0.179. The average molecular weight is 426 g/mol. The minimum absolute atomic E-state index is 0.155. The minimum atomic E-state index is -0.661. The Labute approximate surface area is 174 Å². The SMILES string of the molecule is CC(=O)Oc1ccc(C=C(C#N)c2nc(-c3ccc(Cl)cc3)cs2)cc1[N+](=O)[O-]. The summed E-state index contributed by atoms with van der Waals surface area (Å²) in [5, 5.41) is 23.7. The Bertz CT molecular complexity index is 1160. The van der Waals surface area contributed by atoms with Crippen LogP contribution in [0.4, 0.5) is 5.69 Å². The van der Waals surface area contributed by atoms with Crippen LogP contribution in [-0.2, 0) is 4.79 Å². The predicted octanol–water partition coefficient (Wildman–Crippen LogP) is 5.36. The molecule has 0 bridgehead atoms. The van der Waals surface area contributed by atoms with Gasteiger partial charge in [-0.3, -0.25) is 14.9 Å². The number of esters is 1. The van der Waals surface area contributed by atoms with Gasteiger partial charge in [-0.05, 0) is 29.8 Å². The molecule has 1 heterocycles. The van der Waals surface area contributed by atoms with Gasteiger partial charge in [0.25, 0.3) is 0 Å². The summed E-state index contributed by atoms with van der Waals surface area (Å²) in [6.07, 6.45) is 1.50. The summed E-state index contributed by atoms with van der Waals surface area (Å²) in [6.45, 7) is 1.16. The van der Waals surface area contributed by atoms with Crippen molar-refractivity contribution in [3.63, 3.8) is 0 Å². The molecule has 0 unspecified atom stereocenters. The first-order valence-electron chi connectivity index (χ1n) is 8.18. The number of nitro groups is 1. The number of nitriles is 1. The summed E-state index contributed by atoms with van der Waals surface area (Å²) in [4.78, 5) is 26.2. The molecule has 0 saturated carbocycles. The fourth-order valence-electron chi connectivity index (χ4n) is 2.47. The summed E-state index contributed by atoms with van der Waals surface area (Å²) in [7, 11) is 0. The minimum Gasteiger partial charge on any atom is -0.419 e. The Morgan fingerprint density at radius 2 is 2.03 bits per heavy atom. The van der Waals surface area contributed by atoms with Gasteiger partial charge in [-0.2, -0.15) is 5.26 Å². The number of nitrogens with zero attached hydrogens (tertiary/aromatic N) is 3. The standard InChI is InChI=1S/C20H12ClN3O4S/c1-12(25)28-19-7-2-13(9-18(19)24(26)27)8-15(10-22)20-23-17(11-29-20)14-3-5-16(21)6-4-14/h2-9,11H,1H3. The lowest BCUT2D eigenvalue weighted by atomic mass is 10.1. The van der Waals surface area contributed by atoms with Gasteiger partial charge in [0.1, 0.15) is 11.1 Å². The molecule has 0 aliphatic carbocycles. The summed E-state index contributed by atoms with van der Waals surface area (Å²) < 4.78 is 4.85. The third kappa shape index (κ3) is 4.85. The Morgan fingerprint density at radius 3 is 2.66 bits per heavy atom. The van der Waals surface area contributed by atoms with Gasteiger partial charge in [-0.15, -0.1) is 11.3 Å². The number of nitro benzene ring substituents is 1. The number of hydrogen-bond acceptors (Lipinski definition) is 7. The number of ether oxygens (including phenoxy) is 1. The summed E-state index contributed by atoms with van der Waals surface area (Å²) in [5.41, 5.74) is 1.85. The molecule has 0 N–H and O–H groups in total. The molecule has 9 heteroatoms. The van der Waals surface area contributed by atoms with Crippen molar-refractivity contribution >= 4 is 46.2 Å². The molecule has 0 spiro atoms. The largest absolute Gasteiger partial charge is 0.419 e. The molecule has 29 heavy (non-hydrogen) atoms. The van der Waals surface area contributed by atoms with E-state index in [0.717, 1.165) is 12.5 Å².